The molecular formula is C20H16N2. The molecule has 1 aliphatic rings. The van der Waals surface area contributed by atoms with Gasteiger partial charge >= 0.3 is 0 Å². The number of aromatic amines is 1. The lowest BCUT2D eigenvalue weighted by atomic mass is 9.93. The van der Waals surface area contributed by atoms with Crippen molar-refractivity contribution in [3.05, 3.63) is 84.1 Å². The Hall–Kier alpha value is -2.87. The van der Waals surface area contributed by atoms with Gasteiger partial charge in [-0.05, 0) is 34.4 Å². The molecule has 2 heteroatoms. The molecule has 0 amide bonds. The molecule has 4 aromatic rings. The summed E-state index contributed by atoms with van der Waals surface area (Å²) in [7, 11) is 0. The molecular weight excluding hydrogens is 268 g/mol. The monoisotopic (exact) mass is 284 g/mol. The molecule has 0 spiro atoms. The average Bonchev–Trinajstić information content (AvgIpc) is 3.05. The Morgan fingerprint density at radius 2 is 1.64 bits per heavy atom. The summed E-state index contributed by atoms with van der Waals surface area (Å²) in [6, 6.07) is 21.0. The Kier molecular flexibility index (Phi) is 3.20. The van der Waals surface area contributed by atoms with Crippen LogP contribution in [0.2, 0.25) is 0 Å². The highest BCUT2D eigenvalue weighted by atomic mass is 15.1. The number of aromatic nitrogens is 2. The first-order valence-electron chi connectivity index (χ1n) is 7.47. The van der Waals surface area contributed by atoms with Gasteiger partial charge in [-0.2, -0.15) is 5.10 Å². The van der Waals surface area contributed by atoms with E-state index in [4.69, 9.17) is 0 Å². The fraction of sp³-hybridized carbons (Fsp3) is 0.0500. The Morgan fingerprint density at radius 1 is 0.818 bits per heavy atom. The zero-order valence-electron chi connectivity index (χ0n) is 12.2. The van der Waals surface area contributed by atoms with Gasteiger partial charge in [-0.1, -0.05) is 66.7 Å². The lowest BCUT2D eigenvalue weighted by Crippen LogP contribution is -1.91. The third kappa shape index (κ3) is 2.29. The molecule has 106 valence electrons. The first-order chi connectivity index (χ1) is 10.9. The maximum absolute atomic E-state index is 3.88. The highest BCUT2D eigenvalue weighted by molar-refractivity contribution is 5.94. The van der Waals surface area contributed by atoms with Gasteiger partial charge in [-0.15, -0.1) is 0 Å². The van der Waals surface area contributed by atoms with E-state index in [1.54, 1.807) is 0 Å². The van der Waals surface area contributed by atoms with Crippen LogP contribution in [-0.4, -0.2) is 10.2 Å². The maximum Gasteiger partial charge on any atom is 0.0650 e. The zero-order valence-corrected chi connectivity index (χ0v) is 12.2. The number of fused-ring (bicyclic) bond motifs is 1. The summed E-state index contributed by atoms with van der Waals surface area (Å²) in [6.45, 7) is 0. The molecule has 1 aliphatic carbocycles. The minimum Gasteiger partial charge on any atom is -0.278 e. The minimum atomic E-state index is 1.08. The van der Waals surface area contributed by atoms with E-state index in [-0.39, 0.29) is 0 Å². The molecule has 1 aromatic heterocycles. The fourth-order valence-electron chi connectivity index (χ4n) is 2.95. The second-order valence-electron chi connectivity index (χ2n) is 5.43. The topological polar surface area (TPSA) is 28.7 Å². The Bertz CT molecular complexity index is 928. The third-order valence-electron chi connectivity index (χ3n) is 4.01. The van der Waals surface area contributed by atoms with Crippen molar-refractivity contribution >= 4 is 27.8 Å². The lowest BCUT2D eigenvalue weighted by Gasteiger charge is -2.11. The average molecular weight is 284 g/mol. The molecule has 0 atom stereocenters. The largest absolute Gasteiger partial charge is 0.278 e. The van der Waals surface area contributed by atoms with Crippen LogP contribution in [0.5, 0.6) is 0 Å². The highest BCUT2D eigenvalue weighted by Gasteiger charge is 2.06. The van der Waals surface area contributed by atoms with Crippen molar-refractivity contribution in [2.45, 2.75) is 6.42 Å². The molecule has 0 unspecified atom stereocenters. The summed E-state index contributed by atoms with van der Waals surface area (Å²) in [5.74, 6) is 0. The summed E-state index contributed by atoms with van der Waals surface area (Å²) in [5.41, 5.74) is 3.91. The predicted molar refractivity (Wildman–Crippen MR) is 92.8 cm³/mol. The van der Waals surface area contributed by atoms with Gasteiger partial charge in [0.05, 0.1) is 11.7 Å². The Balaban J connectivity index is 0.000000122. The second kappa shape index (κ2) is 5.49. The first kappa shape index (κ1) is 12.8. The molecule has 0 bridgehead atoms. The Labute approximate surface area is 129 Å². The van der Waals surface area contributed by atoms with E-state index in [1.165, 1.54) is 21.9 Å². The van der Waals surface area contributed by atoms with Crippen molar-refractivity contribution in [1.82, 2.24) is 10.2 Å². The van der Waals surface area contributed by atoms with Gasteiger partial charge in [0.25, 0.3) is 0 Å². The van der Waals surface area contributed by atoms with Gasteiger partial charge in [0.1, 0.15) is 0 Å². The van der Waals surface area contributed by atoms with E-state index < -0.39 is 0 Å². The van der Waals surface area contributed by atoms with E-state index in [2.05, 4.69) is 58.7 Å². The molecule has 0 fully saturated rings. The van der Waals surface area contributed by atoms with Crippen molar-refractivity contribution < 1.29 is 0 Å². The number of H-pyrrole nitrogens is 1. The third-order valence-corrected chi connectivity index (χ3v) is 4.01. The van der Waals surface area contributed by atoms with Crippen LogP contribution >= 0.6 is 0 Å². The fourth-order valence-corrected chi connectivity index (χ4v) is 2.95. The Morgan fingerprint density at radius 3 is 2.55 bits per heavy atom. The van der Waals surface area contributed by atoms with Crippen molar-refractivity contribution in [1.29, 1.82) is 0 Å². The summed E-state index contributed by atoms with van der Waals surface area (Å²) >= 11 is 0. The normalized spacial score (nSPS) is 12.2. The standard InChI is InChI=1S/C13H10.C7H6N2/c1-4-10-6-2-8-12-9-3-7-11(5-1)13(10)12;1-2-4-7-6(3-1)5-8-9-7/h1-8H,9H2;1-5H,(H,8,9). The van der Waals surface area contributed by atoms with Crippen LogP contribution in [0.25, 0.3) is 27.8 Å². The molecule has 5 rings (SSSR count). The van der Waals surface area contributed by atoms with Crippen LogP contribution in [0.1, 0.15) is 11.1 Å². The number of rotatable bonds is 0. The van der Waals surface area contributed by atoms with Crippen LogP contribution < -0.4 is 0 Å². The van der Waals surface area contributed by atoms with Gasteiger partial charge < -0.3 is 0 Å². The minimum absolute atomic E-state index is 1.08. The van der Waals surface area contributed by atoms with Crippen LogP contribution in [0, 0.1) is 0 Å². The maximum atomic E-state index is 3.88. The number of hydrogen-bond donors (Lipinski definition) is 1. The van der Waals surface area contributed by atoms with E-state index in [0.717, 1.165) is 17.3 Å². The molecule has 0 radical (unpaired) electrons. The number of benzene rings is 3. The second-order valence-corrected chi connectivity index (χ2v) is 5.43. The van der Waals surface area contributed by atoms with E-state index in [0.29, 0.717) is 0 Å². The molecule has 2 nitrogen and oxygen atoms in total. The van der Waals surface area contributed by atoms with Gasteiger partial charge in [0.2, 0.25) is 0 Å². The molecule has 3 aromatic carbocycles. The molecule has 0 saturated heterocycles. The van der Waals surface area contributed by atoms with Crippen LogP contribution in [0.3, 0.4) is 0 Å². The SMILES string of the molecule is C1=Cc2cccc3cccc(c23)C1.c1ccc2[nH]ncc2c1. The van der Waals surface area contributed by atoms with Crippen LogP contribution in [0.4, 0.5) is 0 Å². The lowest BCUT2D eigenvalue weighted by molar-refractivity contribution is 1.12. The number of allylic oxidation sites excluding steroid dienone is 1. The number of nitrogens with one attached hydrogen (secondary N) is 1. The molecule has 0 aliphatic heterocycles. The van der Waals surface area contributed by atoms with Crippen molar-refractivity contribution in [2.24, 2.45) is 0 Å². The smallest absolute Gasteiger partial charge is 0.0650 e. The summed E-state index contributed by atoms with van der Waals surface area (Å²) in [5, 5.41) is 10.7. The van der Waals surface area contributed by atoms with E-state index in [1.807, 2.05) is 30.5 Å². The zero-order chi connectivity index (χ0) is 14.8. The van der Waals surface area contributed by atoms with Crippen molar-refractivity contribution in [3.8, 4) is 0 Å². The number of para-hydroxylation sites is 1. The summed E-state index contributed by atoms with van der Waals surface area (Å²) < 4.78 is 0. The van der Waals surface area contributed by atoms with Crippen LogP contribution in [-0.2, 0) is 6.42 Å². The van der Waals surface area contributed by atoms with Gasteiger partial charge in [-0.25, -0.2) is 0 Å². The van der Waals surface area contributed by atoms with Crippen molar-refractivity contribution in [3.63, 3.8) is 0 Å². The molecule has 22 heavy (non-hydrogen) atoms. The number of hydrogen-bond acceptors (Lipinski definition) is 1. The van der Waals surface area contributed by atoms with Crippen LogP contribution in [0.15, 0.2) is 72.9 Å². The van der Waals surface area contributed by atoms with E-state index >= 15 is 0 Å². The van der Waals surface area contributed by atoms with Gasteiger partial charge in [0.15, 0.2) is 0 Å². The molecule has 0 saturated carbocycles. The summed E-state index contributed by atoms with van der Waals surface area (Å²) in [6.07, 6.45) is 7.34. The molecule has 1 N–H and O–H groups in total. The predicted octanol–water partition coefficient (Wildman–Crippen LogP) is 4.97. The quantitative estimate of drug-likeness (QED) is 0.485. The van der Waals surface area contributed by atoms with E-state index in [9.17, 15) is 0 Å². The number of nitrogens with zero attached hydrogens (tertiary/aromatic N) is 1. The molecule has 1 heterocycles. The highest BCUT2D eigenvalue weighted by Crippen LogP contribution is 2.27. The van der Waals surface area contributed by atoms with Gasteiger partial charge in [-0.3, -0.25) is 5.10 Å². The van der Waals surface area contributed by atoms with Gasteiger partial charge in [0, 0.05) is 5.39 Å². The first-order valence-corrected chi connectivity index (χ1v) is 7.47. The summed E-state index contributed by atoms with van der Waals surface area (Å²) in [4.78, 5) is 0. The van der Waals surface area contributed by atoms with Crippen molar-refractivity contribution in [2.75, 3.05) is 0 Å².